The minimum Gasteiger partial charge on any atom is -0.350 e. The van der Waals surface area contributed by atoms with Crippen LogP contribution in [0.2, 0.25) is 0 Å². The Balaban J connectivity index is 3.40. The maximum atomic E-state index is 10.4. The van der Waals surface area contributed by atoms with Gasteiger partial charge in [-0.15, -0.1) is 0 Å². The van der Waals surface area contributed by atoms with Crippen molar-refractivity contribution in [3.63, 3.8) is 0 Å². The molecular formula is C5H9NOS. The van der Waals surface area contributed by atoms with E-state index in [2.05, 4.69) is 11.9 Å². The number of allylic oxidation sites excluding steroid dienone is 1. The molecule has 2 nitrogen and oxygen atoms in total. The smallest absolute Gasteiger partial charge is 0.283 e. The summed E-state index contributed by atoms with van der Waals surface area (Å²) in [7, 11) is 1.60. The monoisotopic (exact) mass is 131 g/mol. The van der Waals surface area contributed by atoms with Crippen LogP contribution in [0.5, 0.6) is 0 Å². The van der Waals surface area contributed by atoms with Crippen LogP contribution in [0.25, 0.3) is 0 Å². The topological polar surface area (TPSA) is 29.1 Å². The summed E-state index contributed by atoms with van der Waals surface area (Å²) < 4.78 is 0. The number of amides is 1. The Morgan fingerprint density at radius 1 is 1.75 bits per heavy atom. The Kier molecular flexibility index (Phi) is 3.35. The van der Waals surface area contributed by atoms with Crippen molar-refractivity contribution in [3.05, 3.63) is 11.5 Å². The highest BCUT2D eigenvalue weighted by Gasteiger charge is 1.95. The molecule has 3 heteroatoms. The van der Waals surface area contributed by atoms with E-state index >= 15 is 0 Å². The van der Waals surface area contributed by atoms with E-state index in [0.29, 0.717) is 0 Å². The Morgan fingerprint density at radius 3 is 2.38 bits per heavy atom. The molecule has 8 heavy (non-hydrogen) atoms. The van der Waals surface area contributed by atoms with Crippen molar-refractivity contribution in [1.29, 1.82) is 0 Å². The molecule has 0 rings (SSSR count). The van der Waals surface area contributed by atoms with Gasteiger partial charge in [0.1, 0.15) is 0 Å². The lowest BCUT2D eigenvalue weighted by atomic mass is 10.8. The third-order valence-electron chi connectivity index (χ3n) is 0.471. The number of hydrogen-bond donors (Lipinski definition) is 1. The second-order valence-electron chi connectivity index (χ2n) is 1.34. The third kappa shape index (κ3) is 3.74. The summed E-state index contributed by atoms with van der Waals surface area (Å²) in [5.41, 5.74) is 0. The van der Waals surface area contributed by atoms with E-state index in [-0.39, 0.29) is 5.24 Å². The molecule has 0 aliphatic rings. The van der Waals surface area contributed by atoms with Gasteiger partial charge in [0.05, 0.1) is 0 Å². The first kappa shape index (κ1) is 7.56. The lowest BCUT2D eigenvalue weighted by Gasteiger charge is -1.94. The predicted molar refractivity (Wildman–Crippen MR) is 36.9 cm³/mol. The standard InChI is InChI=1S/C5H9NOS/c1-4(2)8-5(7)6-3/h1H2,2-3H3,(H,6,7). The molecule has 0 atom stereocenters. The van der Waals surface area contributed by atoms with Gasteiger partial charge < -0.3 is 5.32 Å². The molecule has 0 aromatic rings. The zero-order valence-electron chi connectivity index (χ0n) is 5.02. The summed E-state index contributed by atoms with van der Waals surface area (Å²) in [6.07, 6.45) is 0. The van der Waals surface area contributed by atoms with Crippen molar-refractivity contribution in [2.75, 3.05) is 7.05 Å². The van der Waals surface area contributed by atoms with Crippen LogP contribution in [-0.2, 0) is 0 Å². The van der Waals surface area contributed by atoms with Crippen LogP contribution in [0, 0.1) is 0 Å². The summed E-state index contributed by atoms with van der Waals surface area (Å²) in [6, 6.07) is 0. The van der Waals surface area contributed by atoms with Crippen molar-refractivity contribution < 1.29 is 4.79 Å². The van der Waals surface area contributed by atoms with Crippen molar-refractivity contribution >= 4 is 17.0 Å². The average Bonchev–Trinajstić information content (AvgIpc) is 1.65. The Morgan fingerprint density at radius 2 is 2.25 bits per heavy atom. The average molecular weight is 131 g/mol. The molecule has 0 bridgehead atoms. The van der Waals surface area contributed by atoms with E-state index < -0.39 is 0 Å². The minimum atomic E-state index is -0.0579. The molecule has 1 N–H and O–H groups in total. The molecule has 0 saturated carbocycles. The lowest BCUT2D eigenvalue weighted by molar-refractivity contribution is 0.262. The van der Waals surface area contributed by atoms with Crippen LogP contribution in [0.15, 0.2) is 11.5 Å². The molecule has 46 valence electrons. The first-order valence-electron chi connectivity index (χ1n) is 2.22. The van der Waals surface area contributed by atoms with E-state index in [1.165, 1.54) is 0 Å². The highest BCUT2D eigenvalue weighted by molar-refractivity contribution is 8.16. The van der Waals surface area contributed by atoms with Gasteiger partial charge in [-0.2, -0.15) is 0 Å². The second-order valence-corrected chi connectivity index (χ2v) is 2.61. The zero-order chi connectivity index (χ0) is 6.57. The maximum Gasteiger partial charge on any atom is 0.283 e. The van der Waals surface area contributed by atoms with Crippen molar-refractivity contribution in [2.24, 2.45) is 0 Å². The Labute approximate surface area is 53.3 Å². The van der Waals surface area contributed by atoms with Crippen molar-refractivity contribution in [1.82, 2.24) is 5.32 Å². The van der Waals surface area contributed by atoms with Gasteiger partial charge in [-0.25, -0.2) is 0 Å². The summed E-state index contributed by atoms with van der Waals surface area (Å²) in [5.74, 6) is 0. The molecule has 0 aromatic heterocycles. The van der Waals surface area contributed by atoms with Crippen LogP contribution in [-0.4, -0.2) is 12.3 Å². The van der Waals surface area contributed by atoms with E-state index in [1.807, 2.05) is 0 Å². The zero-order valence-corrected chi connectivity index (χ0v) is 5.84. The lowest BCUT2D eigenvalue weighted by Crippen LogP contribution is -2.10. The van der Waals surface area contributed by atoms with Crippen LogP contribution in [0.1, 0.15) is 6.92 Å². The number of nitrogens with one attached hydrogen (secondary N) is 1. The van der Waals surface area contributed by atoms with Gasteiger partial charge in [-0.1, -0.05) is 6.58 Å². The number of rotatable bonds is 1. The van der Waals surface area contributed by atoms with Gasteiger partial charge in [0, 0.05) is 7.05 Å². The molecule has 0 fully saturated rings. The van der Waals surface area contributed by atoms with Gasteiger partial charge in [-0.3, -0.25) is 4.79 Å². The minimum absolute atomic E-state index is 0.0579. The van der Waals surface area contributed by atoms with Gasteiger partial charge in [0.25, 0.3) is 5.24 Å². The fraction of sp³-hybridized carbons (Fsp3) is 0.400. The molecule has 0 spiro atoms. The van der Waals surface area contributed by atoms with Crippen molar-refractivity contribution in [3.8, 4) is 0 Å². The summed E-state index contributed by atoms with van der Waals surface area (Å²) >= 11 is 1.11. The number of thioether (sulfide) groups is 1. The molecule has 0 unspecified atom stereocenters. The van der Waals surface area contributed by atoms with Crippen LogP contribution < -0.4 is 5.32 Å². The Hall–Kier alpha value is -0.440. The number of carbonyl (C=O) groups excluding carboxylic acids is 1. The van der Waals surface area contributed by atoms with Gasteiger partial charge in [0.2, 0.25) is 0 Å². The number of carbonyl (C=O) groups is 1. The number of hydrogen-bond acceptors (Lipinski definition) is 2. The fourth-order valence-corrected chi connectivity index (χ4v) is 0.628. The Bertz CT molecular complexity index is 111. The molecule has 1 amide bonds. The fourth-order valence-electron chi connectivity index (χ4n) is 0.209. The molecular weight excluding hydrogens is 122 g/mol. The quantitative estimate of drug-likeness (QED) is 0.585. The SMILES string of the molecule is C=C(C)SC(=O)NC. The van der Waals surface area contributed by atoms with E-state index in [0.717, 1.165) is 16.7 Å². The first-order valence-corrected chi connectivity index (χ1v) is 3.03. The third-order valence-corrected chi connectivity index (χ3v) is 1.21. The van der Waals surface area contributed by atoms with Crippen LogP contribution in [0.4, 0.5) is 4.79 Å². The molecule has 0 radical (unpaired) electrons. The first-order chi connectivity index (χ1) is 3.66. The molecule has 0 aliphatic carbocycles. The molecule has 0 aromatic carbocycles. The van der Waals surface area contributed by atoms with Gasteiger partial charge >= 0.3 is 0 Å². The van der Waals surface area contributed by atoms with Gasteiger partial charge in [-0.05, 0) is 23.6 Å². The van der Waals surface area contributed by atoms with Crippen LogP contribution in [0.3, 0.4) is 0 Å². The van der Waals surface area contributed by atoms with Crippen LogP contribution >= 0.6 is 11.8 Å². The van der Waals surface area contributed by atoms with Crippen molar-refractivity contribution in [2.45, 2.75) is 6.92 Å². The van der Waals surface area contributed by atoms with Gasteiger partial charge in [0.15, 0.2) is 0 Å². The van der Waals surface area contributed by atoms with E-state index in [4.69, 9.17) is 0 Å². The molecule has 0 saturated heterocycles. The highest BCUT2D eigenvalue weighted by Crippen LogP contribution is 2.10. The summed E-state index contributed by atoms with van der Waals surface area (Å²) in [5, 5.41) is 2.40. The van der Waals surface area contributed by atoms with E-state index in [9.17, 15) is 4.79 Å². The largest absolute Gasteiger partial charge is 0.350 e. The highest BCUT2D eigenvalue weighted by atomic mass is 32.2. The second kappa shape index (κ2) is 3.55. The predicted octanol–water partition coefficient (Wildman–Crippen LogP) is 1.59. The van der Waals surface area contributed by atoms with E-state index in [1.54, 1.807) is 14.0 Å². The molecule has 0 aliphatic heterocycles. The summed E-state index contributed by atoms with van der Waals surface area (Å²) in [4.78, 5) is 11.2. The summed E-state index contributed by atoms with van der Waals surface area (Å²) in [6.45, 7) is 5.34. The molecule has 0 heterocycles. The normalized spacial score (nSPS) is 8.25. The maximum absolute atomic E-state index is 10.4.